The summed E-state index contributed by atoms with van der Waals surface area (Å²) in [5, 5.41) is 7.55. The zero-order valence-corrected chi connectivity index (χ0v) is 16.5. The summed E-state index contributed by atoms with van der Waals surface area (Å²) < 4.78 is 0. The van der Waals surface area contributed by atoms with E-state index in [1.807, 2.05) is 30.0 Å². The van der Waals surface area contributed by atoms with Gasteiger partial charge in [-0.1, -0.05) is 23.7 Å². The minimum Gasteiger partial charge on any atom is -0.357 e. The predicted octanol–water partition coefficient (Wildman–Crippen LogP) is 2.92. The average molecular weight is 383 g/mol. The Labute approximate surface area is 159 Å². The van der Waals surface area contributed by atoms with Crippen LogP contribution in [0, 0.1) is 0 Å². The largest absolute Gasteiger partial charge is 0.357 e. The number of likely N-dealkylation sites (tertiary alicyclic amines) is 1. The Bertz CT molecular complexity index is 590. The van der Waals surface area contributed by atoms with Gasteiger partial charge in [0, 0.05) is 36.5 Å². The summed E-state index contributed by atoms with van der Waals surface area (Å²) in [6, 6.07) is 7.92. The zero-order valence-electron chi connectivity index (χ0n) is 14.9. The van der Waals surface area contributed by atoms with Gasteiger partial charge in [0.15, 0.2) is 5.96 Å². The van der Waals surface area contributed by atoms with Gasteiger partial charge in [0.2, 0.25) is 5.91 Å². The van der Waals surface area contributed by atoms with Crippen LogP contribution >= 0.6 is 23.4 Å². The number of amides is 1. The van der Waals surface area contributed by atoms with Crippen LogP contribution in [0.4, 0.5) is 0 Å². The molecule has 1 saturated heterocycles. The average Bonchev–Trinajstić information content (AvgIpc) is 3.14. The third-order valence-electron chi connectivity index (χ3n) is 4.14. The van der Waals surface area contributed by atoms with Crippen molar-refractivity contribution in [1.29, 1.82) is 0 Å². The molecule has 0 saturated carbocycles. The number of rotatable bonds is 7. The quantitative estimate of drug-likeness (QED) is 0.562. The second-order valence-electron chi connectivity index (χ2n) is 5.94. The number of hydrogen-bond donors (Lipinski definition) is 2. The van der Waals surface area contributed by atoms with Crippen LogP contribution in [0.15, 0.2) is 29.3 Å². The normalized spacial score (nSPS) is 16.0. The number of aliphatic imine (C=N–C) groups is 1. The number of nitrogens with zero attached hydrogens (tertiary/aromatic N) is 2. The zero-order chi connectivity index (χ0) is 18.1. The molecule has 2 N–H and O–H groups in total. The number of guanidine groups is 1. The fourth-order valence-corrected chi connectivity index (χ4v) is 3.66. The topological polar surface area (TPSA) is 56.7 Å². The Balaban J connectivity index is 1.92. The van der Waals surface area contributed by atoms with Crippen LogP contribution in [0.3, 0.4) is 0 Å². The lowest BCUT2D eigenvalue weighted by molar-refractivity contribution is -0.128. The predicted molar refractivity (Wildman–Crippen MR) is 108 cm³/mol. The highest BCUT2D eigenvalue weighted by molar-refractivity contribution is 7.98. The van der Waals surface area contributed by atoms with E-state index >= 15 is 0 Å². The van der Waals surface area contributed by atoms with Crippen LogP contribution in [0.2, 0.25) is 5.02 Å². The number of thioether (sulfide) groups is 1. The first-order chi connectivity index (χ1) is 12.1. The van der Waals surface area contributed by atoms with E-state index in [-0.39, 0.29) is 17.7 Å². The molecule has 7 heteroatoms. The van der Waals surface area contributed by atoms with Crippen molar-refractivity contribution in [2.45, 2.75) is 25.0 Å². The van der Waals surface area contributed by atoms with E-state index in [9.17, 15) is 4.79 Å². The molecule has 1 aliphatic heterocycles. The molecule has 0 aromatic heterocycles. The highest BCUT2D eigenvalue weighted by atomic mass is 35.5. The molecule has 1 amide bonds. The molecule has 5 nitrogen and oxygen atoms in total. The molecule has 1 fully saturated rings. The van der Waals surface area contributed by atoms with E-state index < -0.39 is 0 Å². The molecule has 1 unspecified atom stereocenters. The van der Waals surface area contributed by atoms with Gasteiger partial charge in [-0.2, -0.15) is 11.8 Å². The Hall–Kier alpha value is -1.40. The third-order valence-corrected chi connectivity index (χ3v) is 5.38. The molecule has 2 rings (SSSR count). The minimum atomic E-state index is 0.103. The molecule has 1 aromatic rings. The van der Waals surface area contributed by atoms with Crippen LogP contribution in [-0.2, 0) is 4.79 Å². The van der Waals surface area contributed by atoms with E-state index in [1.54, 1.807) is 11.8 Å². The molecule has 0 spiro atoms. The second-order valence-corrected chi connectivity index (χ2v) is 7.42. The van der Waals surface area contributed by atoms with Crippen LogP contribution in [0.1, 0.15) is 30.6 Å². The van der Waals surface area contributed by atoms with Crippen molar-refractivity contribution in [1.82, 2.24) is 15.5 Å². The van der Waals surface area contributed by atoms with E-state index in [4.69, 9.17) is 11.6 Å². The Morgan fingerprint density at radius 1 is 1.36 bits per heavy atom. The molecule has 1 aromatic carbocycles. The maximum Gasteiger partial charge on any atom is 0.244 e. The van der Waals surface area contributed by atoms with Gasteiger partial charge in [0.1, 0.15) is 6.54 Å². The fourth-order valence-electron chi connectivity index (χ4n) is 2.79. The molecule has 0 bridgehead atoms. The number of halogens is 1. The first-order valence-electron chi connectivity index (χ1n) is 8.72. The van der Waals surface area contributed by atoms with Gasteiger partial charge in [-0.05, 0) is 43.7 Å². The Morgan fingerprint density at radius 2 is 2.12 bits per heavy atom. The summed E-state index contributed by atoms with van der Waals surface area (Å²) in [5.74, 6) is 0.780. The second kappa shape index (κ2) is 10.6. The van der Waals surface area contributed by atoms with Gasteiger partial charge in [0.05, 0.1) is 0 Å². The van der Waals surface area contributed by atoms with Crippen LogP contribution in [0.5, 0.6) is 0 Å². The lowest BCUT2D eigenvalue weighted by Crippen LogP contribution is -2.40. The molecule has 138 valence electrons. The smallest absolute Gasteiger partial charge is 0.244 e. The van der Waals surface area contributed by atoms with Gasteiger partial charge in [-0.25, -0.2) is 4.99 Å². The summed E-state index contributed by atoms with van der Waals surface area (Å²) in [6.07, 6.45) is 4.28. The summed E-state index contributed by atoms with van der Waals surface area (Å²) in [4.78, 5) is 18.5. The van der Waals surface area contributed by atoms with Crippen molar-refractivity contribution >= 4 is 35.2 Å². The van der Waals surface area contributed by atoms with Crippen molar-refractivity contribution in [3.63, 3.8) is 0 Å². The molecular weight excluding hydrogens is 356 g/mol. The monoisotopic (exact) mass is 382 g/mol. The highest BCUT2D eigenvalue weighted by Crippen LogP contribution is 2.27. The number of carbonyl (C=O) groups excluding carboxylic acids is 1. The van der Waals surface area contributed by atoms with Gasteiger partial charge >= 0.3 is 0 Å². The molecule has 25 heavy (non-hydrogen) atoms. The molecule has 1 heterocycles. The Morgan fingerprint density at radius 3 is 2.76 bits per heavy atom. The summed E-state index contributed by atoms with van der Waals surface area (Å²) in [5.41, 5.74) is 1.18. The number of nitrogens with one attached hydrogen (secondary N) is 2. The highest BCUT2D eigenvalue weighted by Gasteiger charge is 2.17. The number of hydrogen-bond acceptors (Lipinski definition) is 3. The first-order valence-corrected chi connectivity index (χ1v) is 10.4. The maximum atomic E-state index is 12.2. The molecule has 0 aliphatic carbocycles. The third kappa shape index (κ3) is 6.44. The summed E-state index contributed by atoms with van der Waals surface area (Å²) in [7, 11) is 0. The maximum absolute atomic E-state index is 12.2. The van der Waals surface area contributed by atoms with E-state index in [0.29, 0.717) is 12.5 Å². The van der Waals surface area contributed by atoms with E-state index in [2.05, 4.69) is 27.9 Å². The van der Waals surface area contributed by atoms with Gasteiger partial charge in [-0.3, -0.25) is 4.79 Å². The Kier molecular flexibility index (Phi) is 8.41. The fraction of sp³-hybridized carbons (Fsp3) is 0.556. The number of carbonyl (C=O) groups is 1. The lowest BCUT2D eigenvalue weighted by Gasteiger charge is -2.19. The first kappa shape index (κ1) is 19.9. The van der Waals surface area contributed by atoms with Crippen LogP contribution in [0.25, 0.3) is 0 Å². The van der Waals surface area contributed by atoms with Gasteiger partial charge in [-0.15, -0.1) is 0 Å². The van der Waals surface area contributed by atoms with Crippen LogP contribution in [-0.4, -0.2) is 55.7 Å². The summed E-state index contributed by atoms with van der Waals surface area (Å²) in [6.45, 7) is 5.40. The van der Waals surface area contributed by atoms with Crippen molar-refractivity contribution in [2.24, 2.45) is 4.99 Å². The standard InChI is InChI=1S/C18H27ClN4OS/c1-3-20-18(22-13-17(24)23-9-4-5-10-23)21-12-16(25-2)14-7-6-8-15(19)11-14/h6-8,11,16H,3-5,9-10,12-13H2,1-2H3,(H2,20,21,22). The number of benzene rings is 1. The molecular formula is C18H27ClN4OS. The van der Waals surface area contributed by atoms with Crippen molar-refractivity contribution in [2.75, 3.05) is 39.0 Å². The van der Waals surface area contributed by atoms with Gasteiger partial charge in [0.25, 0.3) is 0 Å². The van der Waals surface area contributed by atoms with E-state index in [1.165, 1.54) is 5.56 Å². The van der Waals surface area contributed by atoms with Crippen molar-refractivity contribution in [3.05, 3.63) is 34.9 Å². The van der Waals surface area contributed by atoms with E-state index in [0.717, 1.165) is 37.5 Å². The lowest BCUT2D eigenvalue weighted by atomic mass is 10.1. The summed E-state index contributed by atoms with van der Waals surface area (Å²) >= 11 is 7.85. The van der Waals surface area contributed by atoms with Crippen LogP contribution < -0.4 is 10.6 Å². The van der Waals surface area contributed by atoms with Gasteiger partial charge < -0.3 is 15.5 Å². The van der Waals surface area contributed by atoms with Crippen molar-refractivity contribution in [3.8, 4) is 0 Å². The SMILES string of the molecule is CCNC(=NCC(=O)N1CCCC1)NCC(SC)c1cccc(Cl)c1. The minimum absolute atomic E-state index is 0.103. The van der Waals surface area contributed by atoms with Crippen molar-refractivity contribution < 1.29 is 4.79 Å². The molecule has 0 radical (unpaired) electrons. The molecule has 1 aliphatic rings. The molecule has 1 atom stereocenters.